The fourth-order valence-electron chi connectivity index (χ4n) is 3.93. The number of para-hydroxylation sites is 1. The van der Waals surface area contributed by atoms with Gasteiger partial charge in [0, 0.05) is 38.7 Å². The minimum atomic E-state index is -0.270. The Balaban J connectivity index is 1.47. The van der Waals surface area contributed by atoms with E-state index in [1.54, 1.807) is 0 Å². The Bertz CT molecular complexity index is 1430. The summed E-state index contributed by atoms with van der Waals surface area (Å²) in [6, 6.07) is 23.4. The number of halogens is 2. The molecule has 7 heteroatoms. The molecule has 1 aliphatic heterocycles. The second-order valence-electron chi connectivity index (χ2n) is 7.72. The lowest BCUT2D eigenvalue weighted by Gasteiger charge is -2.12. The van der Waals surface area contributed by atoms with Crippen molar-refractivity contribution >= 4 is 67.4 Å². The number of rotatable bonds is 5. The molecule has 0 saturated carbocycles. The van der Waals surface area contributed by atoms with Crippen molar-refractivity contribution in [2.24, 2.45) is 0 Å². The molecule has 0 spiro atoms. The van der Waals surface area contributed by atoms with Crippen molar-refractivity contribution in [1.82, 2.24) is 9.47 Å². The van der Waals surface area contributed by atoms with Gasteiger partial charge < -0.3 is 4.57 Å². The number of aromatic nitrogens is 1. The summed E-state index contributed by atoms with van der Waals surface area (Å²) in [5, 5.41) is 1.47. The SMILES string of the molecule is O=C1S/C(=C/c2cn(Cc3ccccc3Cl)c3ccccc23)C(=O)N1Cc1cccc(Br)c1. The Labute approximate surface area is 209 Å². The number of carbonyl (C=O) groups excluding carboxylic acids is 2. The summed E-state index contributed by atoms with van der Waals surface area (Å²) in [7, 11) is 0. The van der Waals surface area contributed by atoms with Crippen LogP contribution in [0.5, 0.6) is 0 Å². The Morgan fingerprint density at radius 3 is 2.55 bits per heavy atom. The van der Waals surface area contributed by atoms with Gasteiger partial charge in [0.15, 0.2) is 0 Å². The van der Waals surface area contributed by atoms with Crippen LogP contribution < -0.4 is 0 Å². The number of hydrogen-bond donors (Lipinski definition) is 0. The van der Waals surface area contributed by atoms with Crippen LogP contribution in [0.4, 0.5) is 4.79 Å². The molecule has 0 aliphatic carbocycles. The Morgan fingerprint density at radius 2 is 1.73 bits per heavy atom. The van der Waals surface area contributed by atoms with Crippen LogP contribution in [-0.4, -0.2) is 20.6 Å². The van der Waals surface area contributed by atoms with Gasteiger partial charge in [0.05, 0.1) is 11.4 Å². The first-order chi connectivity index (χ1) is 16.0. The van der Waals surface area contributed by atoms with E-state index in [0.717, 1.165) is 43.8 Å². The van der Waals surface area contributed by atoms with Gasteiger partial charge in [-0.15, -0.1) is 0 Å². The Hall–Kier alpha value is -2.80. The minimum Gasteiger partial charge on any atom is -0.342 e. The summed E-state index contributed by atoms with van der Waals surface area (Å²) < 4.78 is 3.03. The lowest BCUT2D eigenvalue weighted by molar-refractivity contribution is -0.123. The van der Waals surface area contributed by atoms with Gasteiger partial charge >= 0.3 is 0 Å². The molecule has 1 saturated heterocycles. The number of carbonyl (C=O) groups is 2. The maximum absolute atomic E-state index is 13.1. The van der Waals surface area contributed by atoms with Crippen LogP contribution in [0.15, 0.2) is 88.4 Å². The molecule has 2 amide bonds. The van der Waals surface area contributed by atoms with Crippen LogP contribution >= 0.6 is 39.3 Å². The molecule has 5 rings (SSSR count). The molecule has 33 heavy (non-hydrogen) atoms. The van der Waals surface area contributed by atoms with Crippen LogP contribution in [0, 0.1) is 0 Å². The predicted molar refractivity (Wildman–Crippen MR) is 138 cm³/mol. The van der Waals surface area contributed by atoms with Crippen molar-refractivity contribution < 1.29 is 9.59 Å². The van der Waals surface area contributed by atoms with Crippen LogP contribution in [-0.2, 0) is 17.9 Å². The van der Waals surface area contributed by atoms with Crippen LogP contribution in [0.2, 0.25) is 5.02 Å². The number of imide groups is 1. The third-order valence-electron chi connectivity index (χ3n) is 5.51. The molecule has 0 bridgehead atoms. The number of amides is 2. The van der Waals surface area contributed by atoms with E-state index in [9.17, 15) is 9.59 Å². The molecule has 3 aromatic carbocycles. The Morgan fingerprint density at radius 1 is 0.939 bits per heavy atom. The van der Waals surface area contributed by atoms with E-state index in [0.29, 0.717) is 16.5 Å². The predicted octanol–water partition coefficient (Wildman–Crippen LogP) is 7.34. The van der Waals surface area contributed by atoms with E-state index in [1.807, 2.05) is 85.1 Å². The lowest BCUT2D eigenvalue weighted by Crippen LogP contribution is -2.27. The molecular formula is C26H18BrClN2O2S. The summed E-state index contributed by atoms with van der Waals surface area (Å²) in [4.78, 5) is 27.4. The number of nitrogens with zero attached hydrogens (tertiary/aromatic N) is 2. The summed E-state index contributed by atoms with van der Waals surface area (Å²) in [5.74, 6) is -0.270. The second kappa shape index (κ2) is 9.21. The molecule has 0 unspecified atom stereocenters. The Kier molecular flexibility index (Phi) is 6.15. The summed E-state index contributed by atoms with van der Waals surface area (Å²) >= 11 is 10.8. The van der Waals surface area contributed by atoms with Gasteiger partial charge in [0.1, 0.15) is 0 Å². The van der Waals surface area contributed by atoms with E-state index < -0.39 is 0 Å². The van der Waals surface area contributed by atoms with Crippen LogP contribution in [0.1, 0.15) is 16.7 Å². The van der Waals surface area contributed by atoms with Gasteiger partial charge in [-0.2, -0.15) is 0 Å². The van der Waals surface area contributed by atoms with Gasteiger partial charge in [0.25, 0.3) is 11.1 Å². The maximum atomic E-state index is 13.1. The fraction of sp³-hybridized carbons (Fsp3) is 0.0769. The molecular weight excluding hydrogens is 520 g/mol. The molecule has 4 aromatic rings. The average Bonchev–Trinajstić information content (AvgIpc) is 3.28. The number of fused-ring (bicyclic) bond motifs is 1. The first-order valence-electron chi connectivity index (χ1n) is 10.3. The zero-order chi connectivity index (χ0) is 22.9. The highest BCUT2D eigenvalue weighted by Crippen LogP contribution is 2.35. The molecule has 0 radical (unpaired) electrons. The van der Waals surface area contributed by atoms with E-state index in [4.69, 9.17) is 11.6 Å². The highest BCUT2D eigenvalue weighted by atomic mass is 79.9. The maximum Gasteiger partial charge on any atom is 0.293 e. The molecule has 1 fully saturated rings. The van der Waals surface area contributed by atoms with Crippen molar-refractivity contribution in [3.8, 4) is 0 Å². The first-order valence-corrected chi connectivity index (χ1v) is 12.3. The zero-order valence-corrected chi connectivity index (χ0v) is 20.5. The quantitative estimate of drug-likeness (QED) is 0.250. The molecule has 1 aromatic heterocycles. The molecule has 1 aliphatic rings. The molecule has 164 valence electrons. The van der Waals surface area contributed by atoms with Gasteiger partial charge in [-0.3, -0.25) is 14.5 Å². The normalized spacial score (nSPS) is 15.2. The van der Waals surface area contributed by atoms with Crippen molar-refractivity contribution in [3.05, 3.63) is 110 Å². The van der Waals surface area contributed by atoms with Gasteiger partial charge in [-0.25, -0.2) is 0 Å². The summed E-state index contributed by atoms with van der Waals surface area (Å²) in [5.41, 5.74) is 3.84. The van der Waals surface area contributed by atoms with Crippen molar-refractivity contribution in [3.63, 3.8) is 0 Å². The largest absolute Gasteiger partial charge is 0.342 e. The summed E-state index contributed by atoms with van der Waals surface area (Å²) in [6.07, 6.45) is 3.83. The van der Waals surface area contributed by atoms with Gasteiger partial charge in [-0.1, -0.05) is 76.1 Å². The molecule has 4 nitrogen and oxygen atoms in total. The standard InChI is InChI=1S/C26H18BrClN2O2S/c27-20-8-5-6-17(12-20)14-30-25(31)24(33-26(30)32)13-19-16-29(23-11-4-2-9-21(19)23)15-18-7-1-3-10-22(18)28/h1-13,16H,14-15H2/b24-13+. The topological polar surface area (TPSA) is 42.3 Å². The van der Waals surface area contributed by atoms with E-state index in [-0.39, 0.29) is 17.7 Å². The third kappa shape index (κ3) is 4.51. The van der Waals surface area contributed by atoms with Gasteiger partial charge in [-0.05, 0) is 53.2 Å². The van der Waals surface area contributed by atoms with E-state index in [2.05, 4.69) is 20.5 Å². The van der Waals surface area contributed by atoms with E-state index >= 15 is 0 Å². The summed E-state index contributed by atoms with van der Waals surface area (Å²) in [6.45, 7) is 0.855. The van der Waals surface area contributed by atoms with E-state index in [1.165, 1.54) is 4.90 Å². The molecule has 2 heterocycles. The average molecular weight is 538 g/mol. The number of hydrogen-bond acceptors (Lipinski definition) is 3. The van der Waals surface area contributed by atoms with Crippen LogP contribution in [0.25, 0.3) is 17.0 Å². The minimum absolute atomic E-state index is 0.246. The number of thioether (sulfide) groups is 1. The third-order valence-corrected chi connectivity index (χ3v) is 7.28. The van der Waals surface area contributed by atoms with Crippen LogP contribution in [0.3, 0.4) is 0 Å². The van der Waals surface area contributed by atoms with Crippen molar-refractivity contribution in [1.29, 1.82) is 0 Å². The smallest absolute Gasteiger partial charge is 0.293 e. The number of benzene rings is 3. The monoisotopic (exact) mass is 536 g/mol. The highest BCUT2D eigenvalue weighted by Gasteiger charge is 2.35. The first kappa shape index (κ1) is 22.0. The van der Waals surface area contributed by atoms with Crippen molar-refractivity contribution in [2.45, 2.75) is 13.1 Å². The van der Waals surface area contributed by atoms with Gasteiger partial charge in [0.2, 0.25) is 0 Å². The highest BCUT2D eigenvalue weighted by molar-refractivity contribution is 9.10. The fourth-order valence-corrected chi connectivity index (χ4v) is 5.40. The van der Waals surface area contributed by atoms with Crippen molar-refractivity contribution in [2.75, 3.05) is 0 Å². The zero-order valence-electron chi connectivity index (χ0n) is 17.4. The molecule has 0 N–H and O–H groups in total. The molecule has 0 atom stereocenters. The second-order valence-corrected chi connectivity index (χ2v) is 10.0. The lowest BCUT2D eigenvalue weighted by atomic mass is 10.1.